The largest absolute Gasteiger partial charge is 0.353 e. The molecule has 3 N–H and O–H groups in total. The van der Waals surface area contributed by atoms with Crippen LogP contribution in [0.4, 0.5) is 0 Å². The molecule has 1 saturated carbocycles. The van der Waals surface area contributed by atoms with Crippen molar-refractivity contribution in [1.82, 2.24) is 20.2 Å². The van der Waals surface area contributed by atoms with E-state index in [9.17, 15) is 4.79 Å². The molecular formula is C17H23N5OS. The number of nitrogens with two attached hydrogens (primary N) is 1. The van der Waals surface area contributed by atoms with Gasteiger partial charge < -0.3 is 11.2 Å². The SMILES string of the molecule is Cc1ccc(-c2nnc(SCC(=O)NC3CCCCC3)n2N)cc1. The van der Waals surface area contributed by atoms with E-state index in [1.807, 2.05) is 31.2 Å². The molecule has 2 aromatic rings. The molecule has 1 aromatic heterocycles. The number of nitrogens with zero attached hydrogens (tertiary/aromatic N) is 3. The van der Waals surface area contributed by atoms with Crippen molar-refractivity contribution in [3.63, 3.8) is 0 Å². The third kappa shape index (κ3) is 4.08. The van der Waals surface area contributed by atoms with E-state index in [1.165, 1.54) is 41.3 Å². The highest BCUT2D eigenvalue weighted by atomic mass is 32.2. The smallest absolute Gasteiger partial charge is 0.230 e. The number of aryl methyl sites for hydroxylation is 1. The lowest BCUT2D eigenvalue weighted by Crippen LogP contribution is -2.37. The summed E-state index contributed by atoms with van der Waals surface area (Å²) in [5.74, 6) is 7.02. The lowest BCUT2D eigenvalue weighted by molar-refractivity contribution is -0.119. The first-order valence-corrected chi connectivity index (χ1v) is 9.32. The maximum atomic E-state index is 12.1. The second-order valence-electron chi connectivity index (χ2n) is 6.23. The van der Waals surface area contributed by atoms with Crippen LogP contribution in [-0.2, 0) is 4.79 Å². The monoisotopic (exact) mass is 345 g/mol. The maximum Gasteiger partial charge on any atom is 0.230 e. The molecule has 0 saturated heterocycles. The summed E-state index contributed by atoms with van der Waals surface area (Å²) in [6, 6.07) is 8.27. The van der Waals surface area contributed by atoms with Crippen molar-refractivity contribution in [3.8, 4) is 11.4 Å². The van der Waals surface area contributed by atoms with Gasteiger partial charge in [-0.1, -0.05) is 60.9 Å². The van der Waals surface area contributed by atoms with Gasteiger partial charge in [-0.3, -0.25) is 4.79 Å². The molecule has 24 heavy (non-hydrogen) atoms. The molecule has 0 radical (unpaired) electrons. The van der Waals surface area contributed by atoms with E-state index < -0.39 is 0 Å². The Hall–Kier alpha value is -2.02. The zero-order valence-electron chi connectivity index (χ0n) is 13.9. The van der Waals surface area contributed by atoms with Crippen LogP contribution in [-0.4, -0.2) is 32.6 Å². The number of nitrogens with one attached hydrogen (secondary N) is 1. The number of carbonyl (C=O) groups is 1. The van der Waals surface area contributed by atoms with E-state index in [0.717, 1.165) is 18.4 Å². The van der Waals surface area contributed by atoms with Gasteiger partial charge in [-0.2, -0.15) is 0 Å². The molecule has 0 spiro atoms. The van der Waals surface area contributed by atoms with Crippen molar-refractivity contribution in [2.24, 2.45) is 0 Å². The number of carbonyl (C=O) groups excluding carboxylic acids is 1. The fraction of sp³-hybridized carbons (Fsp3) is 0.471. The first kappa shape index (κ1) is 16.8. The molecule has 1 fully saturated rings. The average molecular weight is 345 g/mol. The van der Waals surface area contributed by atoms with Crippen molar-refractivity contribution in [3.05, 3.63) is 29.8 Å². The lowest BCUT2D eigenvalue weighted by atomic mass is 9.95. The number of hydrogen-bond donors (Lipinski definition) is 2. The summed E-state index contributed by atoms with van der Waals surface area (Å²) in [5, 5.41) is 11.9. The number of nitrogen functional groups attached to an aromatic ring is 1. The van der Waals surface area contributed by atoms with Crippen LogP contribution in [0.25, 0.3) is 11.4 Å². The summed E-state index contributed by atoms with van der Waals surface area (Å²) in [7, 11) is 0. The average Bonchev–Trinajstić information content (AvgIpc) is 2.95. The number of benzene rings is 1. The summed E-state index contributed by atoms with van der Waals surface area (Å²) in [5.41, 5.74) is 2.09. The quantitative estimate of drug-likeness (QED) is 0.642. The Morgan fingerprint density at radius 2 is 1.96 bits per heavy atom. The van der Waals surface area contributed by atoms with Crippen molar-refractivity contribution in [1.29, 1.82) is 0 Å². The molecule has 6 nitrogen and oxygen atoms in total. The number of hydrogen-bond acceptors (Lipinski definition) is 5. The van der Waals surface area contributed by atoms with Crippen molar-refractivity contribution >= 4 is 17.7 Å². The number of aromatic nitrogens is 3. The van der Waals surface area contributed by atoms with Gasteiger partial charge >= 0.3 is 0 Å². The summed E-state index contributed by atoms with van der Waals surface area (Å²) >= 11 is 1.31. The maximum absolute atomic E-state index is 12.1. The highest BCUT2D eigenvalue weighted by Crippen LogP contribution is 2.22. The van der Waals surface area contributed by atoms with Gasteiger partial charge in [0, 0.05) is 11.6 Å². The summed E-state index contributed by atoms with van der Waals surface area (Å²) in [6.07, 6.45) is 5.85. The van der Waals surface area contributed by atoms with Crippen LogP contribution < -0.4 is 11.2 Å². The van der Waals surface area contributed by atoms with Gasteiger partial charge in [0.2, 0.25) is 11.1 Å². The van der Waals surface area contributed by atoms with Gasteiger partial charge in [0.05, 0.1) is 5.75 Å². The van der Waals surface area contributed by atoms with Crippen LogP contribution in [0.2, 0.25) is 0 Å². The van der Waals surface area contributed by atoms with Gasteiger partial charge in [0.25, 0.3) is 0 Å². The van der Waals surface area contributed by atoms with Crippen molar-refractivity contribution in [2.45, 2.75) is 50.2 Å². The van der Waals surface area contributed by atoms with Gasteiger partial charge in [0.1, 0.15) is 0 Å². The normalized spacial score (nSPS) is 15.4. The Bertz CT molecular complexity index is 692. The summed E-state index contributed by atoms with van der Waals surface area (Å²) in [6.45, 7) is 2.03. The van der Waals surface area contributed by atoms with Crippen LogP contribution in [0.15, 0.2) is 29.4 Å². The Balaban J connectivity index is 1.57. The van der Waals surface area contributed by atoms with Gasteiger partial charge in [-0.25, -0.2) is 4.68 Å². The second kappa shape index (κ2) is 7.70. The molecule has 0 unspecified atom stereocenters. The fourth-order valence-electron chi connectivity index (χ4n) is 2.92. The minimum atomic E-state index is 0.0341. The standard InChI is InChI=1S/C17H23N5OS/c1-12-7-9-13(10-8-12)16-20-21-17(22(16)18)24-11-15(23)19-14-5-3-2-4-6-14/h7-10,14H,2-6,11,18H2,1H3,(H,19,23). The number of thioether (sulfide) groups is 1. The summed E-state index contributed by atoms with van der Waals surface area (Å²) in [4.78, 5) is 12.1. The number of amides is 1. The number of rotatable bonds is 5. The summed E-state index contributed by atoms with van der Waals surface area (Å²) < 4.78 is 1.45. The van der Waals surface area contributed by atoms with Crippen LogP contribution in [0.1, 0.15) is 37.7 Å². The van der Waals surface area contributed by atoms with Crippen molar-refractivity contribution in [2.75, 3.05) is 11.6 Å². The van der Waals surface area contributed by atoms with Crippen LogP contribution in [0.3, 0.4) is 0 Å². The van der Waals surface area contributed by atoms with E-state index in [0.29, 0.717) is 22.8 Å². The van der Waals surface area contributed by atoms with Gasteiger partial charge in [-0.05, 0) is 19.8 Å². The second-order valence-corrected chi connectivity index (χ2v) is 7.18. The van der Waals surface area contributed by atoms with E-state index in [-0.39, 0.29) is 5.91 Å². The first-order valence-electron chi connectivity index (χ1n) is 8.33. The molecule has 0 atom stereocenters. The van der Waals surface area contributed by atoms with E-state index >= 15 is 0 Å². The molecule has 1 aliphatic rings. The fourth-order valence-corrected chi connectivity index (χ4v) is 3.59. The molecule has 128 valence electrons. The van der Waals surface area contributed by atoms with Crippen LogP contribution in [0, 0.1) is 6.92 Å². The molecule has 1 heterocycles. The Morgan fingerprint density at radius 3 is 2.67 bits per heavy atom. The van der Waals surface area contributed by atoms with Crippen LogP contribution >= 0.6 is 11.8 Å². The molecule has 1 aliphatic carbocycles. The van der Waals surface area contributed by atoms with Crippen molar-refractivity contribution < 1.29 is 4.79 Å². The first-order chi connectivity index (χ1) is 11.6. The molecule has 0 aliphatic heterocycles. The predicted octanol–water partition coefficient (Wildman–Crippen LogP) is 2.51. The topological polar surface area (TPSA) is 85.8 Å². The van der Waals surface area contributed by atoms with E-state index in [4.69, 9.17) is 5.84 Å². The molecule has 1 amide bonds. The molecule has 0 bridgehead atoms. The molecule has 3 rings (SSSR count). The highest BCUT2D eigenvalue weighted by Gasteiger charge is 2.17. The minimum absolute atomic E-state index is 0.0341. The minimum Gasteiger partial charge on any atom is -0.353 e. The third-order valence-electron chi connectivity index (χ3n) is 4.28. The molecular weight excluding hydrogens is 322 g/mol. The molecule has 7 heteroatoms. The third-order valence-corrected chi connectivity index (χ3v) is 5.22. The predicted molar refractivity (Wildman–Crippen MR) is 96.1 cm³/mol. The molecule has 1 aromatic carbocycles. The van der Waals surface area contributed by atoms with Crippen LogP contribution in [0.5, 0.6) is 0 Å². The Labute approximate surface area is 146 Å². The van der Waals surface area contributed by atoms with E-state index in [1.54, 1.807) is 0 Å². The zero-order valence-corrected chi connectivity index (χ0v) is 14.7. The highest BCUT2D eigenvalue weighted by molar-refractivity contribution is 7.99. The van der Waals surface area contributed by atoms with E-state index in [2.05, 4.69) is 15.5 Å². The lowest BCUT2D eigenvalue weighted by Gasteiger charge is -2.22. The zero-order chi connectivity index (χ0) is 16.9. The Kier molecular flexibility index (Phi) is 5.40. The van der Waals surface area contributed by atoms with Gasteiger partial charge in [0.15, 0.2) is 5.82 Å². The van der Waals surface area contributed by atoms with Gasteiger partial charge in [-0.15, -0.1) is 10.2 Å². The Morgan fingerprint density at radius 1 is 1.25 bits per heavy atom.